The highest BCUT2D eigenvalue weighted by Crippen LogP contribution is 2.25. The Morgan fingerprint density at radius 1 is 1.10 bits per heavy atom. The van der Waals surface area contributed by atoms with Crippen LogP contribution >= 0.6 is 0 Å². The molecule has 0 fully saturated rings. The molecule has 0 spiro atoms. The number of aliphatic hydroxyl groups is 1. The largest absolute Gasteiger partial charge is 0.394 e. The van der Waals surface area contributed by atoms with E-state index in [0.29, 0.717) is 39.6 Å². The summed E-state index contributed by atoms with van der Waals surface area (Å²) in [6.07, 6.45) is 3.00. The molecule has 0 aliphatic heterocycles. The molecule has 0 amide bonds. The van der Waals surface area contributed by atoms with Gasteiger partial charge in [-0.1, -0.05) is 28.6 Å². The molecule has 10 nitrogen and oxygen atoms in total. The number of rotatable bonds is 6. The van der Waals surface area contributed by atoms with E-state index in [1.807, 2.05) is 0 Å². The molecule has 1 N–H and O–H groups in total. The first kappa shape index (κ1) is 18.1. The maximum atomic E-state index is 14.2. The van der Waals surface area contributed by atoms with Gasteiger partial charge in [-0.05, 0) is 12.1 Å². The number of benzene rings is 1. The van der Waals surface area contributed by atoms with E-state index >= 15 is 0 Å². The Morgan fingerprint density at radius 2 is 2.00 bits per heavy atom. The Hall–Kier alpha value is -3.99. The van der Waals surface area contributed by atoms with Crippen LogP contribution < -0.4 is 0 Å². The third kappa shape index (κ3) is 3.20. The monoisotopic (exact) mass is 406 g/mol. The van der Waals surface area contributed by atoms with Crippen molar-refractivity contribution < 1.29 is 14.0 Å². The van der Waals surface area contributed by atoms with Gasteiger partial charge in [0.05, 0.1) is 31.6 Å². The van der Waals surface area contributed by atoms with E-state index in [9.17, 15) is 9.50 Å². The van der Waals surface area contributed by atoms with Crippen molar-refractivity contribution in [1.29, 1.82) is 0 Å². The first-order valence-corrected chi connectivity index (χ1v) is 9.12. The van der Waals surface area contributed by atoms with Gasteiger partial charge in [0.1, 0.15) is 23.5 Å². The summed E-state index contributed by atoms with van der Waals surface area (Å²) in [6.45, 7) is 0.366. The number of aromatic nitrogens is 8. The fraction of sp³-hybridized carbons (Fsp3) is 0.158. The molecular weight excluding hydrogens is 391 g/mol. The Balaban J connectivity index is 1.60. The fourth-order valence-corrected chi connectivity index (χ4v) is 3.13. The van der Waals surface area contributed by atoms with Crippen molar-refractivity contribution in [2.75, 3.05) is 6.61 Å². The molecular formula is C19H15FN8O2. The van der Waals surface area contributed by atoms with Gasteiger partial charge in [-0.3, -0.25) is 4.68 Å². The molecule has 5 rings (SSSR count). The van der Waals surface area contributed by atoms with E-state index in [1.54, 1.807) is 41.2 Å². The number of aliphatic hydroxyl groups excluding tert-OH is 1. The quantitative estimate of drug-likeness (QED) is 0.454. The van der Waals surface area contributed by atoms with Gasteiger partial charge < -0.3 is 9.63 Å². The van der Waals surface area contributed by atoms with Crippen molar-refractivity contribution in [1.82, 2.24) is 39.9 Å². The number of fused-ring (bicyclic) bond motifs is 1. The zero-order valence-corrected chi connectivity index (χ0v) is 15.6. The Bertz CT molecular complexity index is 1310. The second-order valence-corrected chi connectivity index (χ2v) is 6.49. The summed E-state index contributed by atoms with van der Waals surface area (Å²) in [5, 5.41) is 25.7. The van der Waals surface area contributed by atoms with E-state index in [1.165, 1.54) is 17.0 Å². The van der Waals surface area contributed by atoms with Gasteiger partial charge in [-0.15, -0.1) is 5.10 Å². The van der Waals surface area contributed by atoms with Crippen LogP contribution in [-0.4, -0.2) is 51.6 Å². The topological polar surface area (TPSA) is 121 Å². The van der Waals surface area contributed by atoms with Gasteiger partial charge in [-0.25, -0.2) is 19.0 Å². The lowest BCUT2D eigenvalue weighted by molar-refractivity contribution is 0.270. The Labute approximate surface area is 168 Å². The van der Waals surface area contributed by atoms with Crippen LogP contribution in [0.2, 0.25) is 0 Å². The van der Waals surface area contributed by atoms with Crippen LogP contribution in [0.5, 0.6) is 0 Å². The molecule has 0 aliphatic rings. The van der Waals surface area contributed by atoms with Crippen molar-refractivity contribution in [2.45, 2.75) is 13.1 Å². The average Bonchev–Trinajstić information content (AvgIpc) is 3.50. The molecule has 1 aromatic carbocycles. The van der Waals surface area contributed by atoms with Crippen molar-refractivity contribution in [3.05, 3.63) is 60.2 Å². The zero-order chi connectivity index (χ0) is 20.5. The lowest BCUT2D eigenvalue weighted by Gasteiger charge is -2.06. The van der Waals surface area contributed by atoms with Gasteiger partial charge in [-0.2, -0.15) is 5.10 Å². The minimum atomic E-state index is -0.322. The third-order valence-corrected chi connectivity index (χ3v) is 4.55. The Kier molecular flexibility index (Phi) is 4.48. The summed E-state index contributed by atoms with van der Waals surface area (Å²) in [7, 11) is 0. The molecule has 0 unspecified atom stereocenters. The first-order valence-electron chi connectivity index (χ1n) is 9.12. The first-order chi connectivity index (χ1) is 14.7. The second kappa shape index (κ2) is 7.44. The summed E-state index contributed by atoms with van der Waals surface area (Å²) in [6, 6.07) is 9.97. The van der Waals surface area contributed by atoms with Crippen molar-refractivity contribution in [2.24, 2.45) is 0 Å². The minimum Gasteiger partial charge on any atom is -0.394 e. The minimum absolute atomic E-state index is 0.0919. The number of halogens is 1. The van der Waals surface area contributed by atoms with Crippen molar-refractivity contribution in [3.8, 4) is 22.9 Å². The van der Waals surface area contributed by atoms with Crippen LogP contribution in [0.1, 0.15) is 5.56 Å². The van der Waals surface area contributed by atoms with Crippen LogP contribution in [0.15, 0.2) is 53.4 Å². The predicted octanol–water partition coefficient (Wildman–Crippen LogP) is 1.92. The van der Waals surface area contributed by atoms with Crippen LogP contribution in [0.4, 0.5) is 4.39 Å². The molecule has 150 valence electrons. The zero-order valence-electron chi connectivity index (χ0n) is 15.6. The molecule has 0 radical (unpaired) electrons. The molecule has 0 aliphatic carbocycles. The number of nitrogens with zero attached hydrogens (tertiary/aromatic N) is 8. The van der Waals surface area contributed by atoms with Crippen molar-refractivity contribution in [3.63, 3.8) is 0 Å². The summed E-state index contributed by atoms with van der Waals surface area (Å²) in [5.41, 5.74) is 3.14. The molecule has 0 saturated carbocycles. The summed E-state index contributed by atoms with van der Waals surface area (Å²) < 4.78 is 22.3. The fourth-order valence-electron chi connectivity index (χ4n) is 3.13. The molecule has 30 heavy (non-hydrogen) atoms. The number of hydrogen-bond acceptors (Lipinski definition) is 8. The second-order valence-electron chi connectivity index (χ2n) is 6.49. The van der Waals surface area contributed by atoms with Gasteiger partial charge in [0.25, 0.3) is 0 Å². The van der Waals surface area contributed by atoms with Gasteiger partial charge in [0.2, 0.25) is 0 Å². The summed E-state index contributed by atoms with van der Waals surface area (Å²) in [5.74, 6) is 0.0262. The lowest BCUT2D eigenvalue weighted by atomic mass is 10.2. The Morgan fingerprint density at radius 3 is 2.80 bits per heavy atom. The SMILES string of the molecule is OCCn1nnc2cnc(-c3cc(-c4ccon4)n(Cc4ccccc4F)n3)nc21. The standard InChI is InChI=1S/C19H15FN8O2/c20-13-4-2-1-3-12(13)11-28-17(14-5-8-30-25-14)9-15(24-28)18-21-10-16-19(22-18)27(6-7-29)26-23-16/h1-5,8-10,29H,6-7,11H2. The van der Waals surface area contributed by atoms with Crippen LogP contribution in [0.3, 0.4) is 0 Å². The smallest absolute Gasteiger partial charge is 0.182 e. The molecule has 0 saturated heterocycles. The molecule has 11 heteroatoms. The maximum absolute atomic E-state index is 14.2. The van der Waals surface area contributed by atoms with Crippen LogP contribution in [0.25, 0.3) is 34.1 Å². The highest BCUT2D eigenvalue weighted by atomic mass is 19.1. The molecule has 4 heterocycles. The van der Waals surface area contributed by atoms with Gasteiger partial charge in [0.15, 0.2) is 17.0 Å². The molecule has 5 aromatic rings. The van der Waals surface area contributed by atoms with Crippen LogP contribution in [-0.2, 0) is 13.1 Å². The summed E-state index contributed by atoms with van der Waals surface area (Å²) >= 11 is 0. The van der Waals surface area contributed by atoms with Gasteiger partial charge in [0, 0.05) is 11.6 Å². The normalized spacial score (nSPS) is 11.4. The molecule has 0 atom stereocenters. The lowest BCUT2D eigenvalue weighted by Crippen LogP contribution is -2.06. The van der Waals surface area contributed by atoms with Gasteiger partial charge >= 0.3 is 0 Å². The van der Waals surface area contributed by atoms with E-state index in [0.717, 1.165) is 0 Å². The molecule has 4 aromatic heterocycles. The highest BCUT2D eigenvalue weighted by molar-refractivity contribution is 5.72. The van der Waals surface area contributed by atoms with Crippen molar-refractivity contribution >= 4 is 11.2 Å². The average molecular weight is 406 g/mol. The van der Waals surface area contributed by atoms with E-state index in [4.69, 9.17) is 4.52 Å². The van der Waals surface area contributed by atoms with E-state index < -0.39 is 0 Å². The van der Waals surface area contributed by atoms with E-state index in [2.05, 4.69) is 30.5 Å². The maximum Gasteiger partial charge on any atom is 0.182 e. The summed E-state index contributed by atoms with van der Waals surface area (Å²) in [4.78, 5) is 8.83. The third-order valence-electron chi connectivity index (χ3n) is 4.55. The van der Waals surface area contributed by atoms with E-state index in [-0.39, 0.29) is 25.5 Å². The molecule has 0 bridgehead atoms. The highest BCUT2D eigenvalue weighted by Gasteiger charge is 2.18. The van der Waals surface area contributed by atoms with Crippen LogP contribution in [0, 0.1) is 5.82 Å². The number of hydrogen-bond donors (Lipinski definition) is 1. The predicted molar refractivity (Wildman–Crippen MR) is 102 cm³/mol.